The SMILES string of the molecule is CN(CC(=O)NC1CC1)C(=O)COn1nnc2ccc(S(=O)(=O)N(C)C)cc21. The maximum Gasteiger partial charge on any atom is 0.263 e. The third-order valence-electron chi connectivity index (χ3n) is 4.22. The number of likely N-dealkylation sites (N-methyl/N-ethyl adjacent to an activating group) is 1. The molecular weight excluding hydrogens is 388 g/mol. The minimum Gasteiger partial charge on any atom is -0.385 e. The molecule has 1 heterocycles. The molecule has 1 aliphatic carbocycles. The Bertz CT molecular complexity index is 998. The first-order valence-electron chi connectivity index (χ1n) is 8.63. The molecule has 0 saturated heterocycles. The summed E-state index contributed by atoms with van der Waals surface area (Å²) in [7, 11) is 0.723. The molecule has 1 fully saturated rings. The number of benzene rings is 1. The Labute approximate surface area is 162 Å². The van der Waals surface area contributed by atoms with Gasteiger partial charge in [-0.25, -0.2) is 12.7 Å². The van der Waals surface area contributed by atoms with Crippen LogP contribution in [0.5, 0.6) is 0 Å². The number of nitrogens with zero attached hydrogens (tertiary/aromatic N) is 5. The van der Waals surface area contributed by atoms with Gasteiger partial charge in [-0.2, -0.15) is 0 Å². The molecule has 0 atom stereocenters. The summed E-state index contributed by atoms with van der Waals surface area (Å²) in [5.74, 6) is -0.644. The average molecular weight is 410 g/mol. The first-order valence-corrected chi connectivity index (χ1v) is 10.1. The lowest BCUT2D eigenvalue weighted by atomic mass is 10.3. The van der Waals surface area contributed by atoms with E-state index in [1.54, 1.807) is 0 Å². The third kappa shape index (κ3) is 4.39. The summed E-state index contributed by atoms with van der Waals surface area (Å²) in [5, 5.41) is 10.5. The van der Waals surface area contributed by atoms with Crippen LogP contribution in [0.2, 0.25) is 0 Å². The van der Waals surface area contributed by atoms with Gasteiger partial charge in [0.2, 0.25) is 15.9 Å². The highest BCUT2D eigenvalue weighted by Gasteiger charge is 2.24. The Balaban J connectivity index is 1.66. The highest BCUT2D eigenvalue weighted by atomic mass is 32.2. The number of hydrogen-bond donors (Lipinski definition) is 1. The van der Waals surface area contributed by atoms with E-state index in [1.165, 1.54) is 44.2 Å². The lowest BCUT2D eigenvalue weighted by molar-refractivity contribution is -0.139. The van der Waals surface area contributed by atoms with Crippen LogP contribution in [0.25, 0.3) is 11.0 Å². The zero-order valence-electron chi connectivity index (χ0n) is 15.8. The highest BCUT2D eigenvalue weighted by molar-refractivity contribution is 7.89. The molecular formula is C16H22N6O5S. The van der Waals surface area contributed by atoms with Crippen LogP contribution in [0.1, 0.15) is 12.8 Å². The monoisotopic (exact) mass is 410 g/mol. The van der Waals surface area contributed by atoms with E-state index in [4.69, 9.17) is 4.84 Å². The van der Waals surface area contributed by atoms with Gasteiger partial charge in [0.1, 0.15) is 11.0 Å². The van der Waals surface area contributed by atoms with Crippen LogP contribution in [-0.4, -0.2) is 84.9 Å². The van der Waals surface area contributed by atoms with Crippen molar-refractivity contribution in [2.24, 2.45) is 0 Å². The van der Waals surface area contributed by atoms with Gasteiger partial charge in [-0.1, -0.05) is 4.85 Å². The number of nitrogens with one attached hydrogen (secondary N) is 1. The normalized spacial score (nSPS) is 14.3. The molecule has 0 radical (unpaired) electrons. The Hall–Kier alpha value is -2.73. The van der Waals surface area contributed by atoms with Gasteiger partial charge in [0.05, 0.1) is 11.4 Å². The molecule has 152 valence electrons. The molecule has 0 unspecified atom stereocenters. The molecule has 1 saturated carbocycles. The van der Waals surface area contributed by atoms with Gasteiger partial charge in [-0.05, 0) is 36.3 Å². The maximum absolute atomic E-state index is 12.3. The molecule has 2 amide bonds. The summed E-state index contributed by atoms with van der Waals surface area (Å²) in [6.07, 6.45) is 1.94. The second-order valence-corrected chi connectivity index (χ2v) is 8.92. The van der Waals surface area contributed by atoms with Crippen LogP contribution in [0.4, 0.5) is 0 Å². The predicted octanol–water partition coefficient (Wildman–Crippen LogP) is -1.15. The molecule has 1 N–H and O–H groups in total. The fraction of sp³-hybridized carbons (Fsp3) is 0.500. The van der Waals surface area contributed by atoms with E-state index in [2.05, 4.69) is 15.6 Å². The maximum atomic E-state index is 12.3. The summed E-state index contributed by atoms with van der Waals surface area (Å²) in [5.41, 5.74) is 0.729. The standard InChI is InChI=1S/C16H22N6O5S/c1-20(2)28(25,26)12-6-7-13-14(8-12)22(19-18-13)27-10-16(24)21(3)9-15(23)17-11-4-5-11/h6-8,11H,4-5,9-10H2,1-3H3,(H,17,23). The first kappa shape index (κ1) is 20.0. The second kappa shape index (κ2) is 7.72. The van der Waals surface area contributed by atoms with Crippen molar-refractivity contribution in [3.63, 3.8) is 0 Å². The van der Waals surface area contributed by atoms with Gasteiger partial charge >= 0.3 is 0 Å². The van der Waals surface area contributed by atoms with E-state index in [0.29, 0.717) is 11.0 Å². The fourth-order valence-corrected chi connectivity index (χ4v) is 3.30. The Kier molecular flexibility index (Phi) is 5.52. The van der Waals surface area contributed by atoms with Crippen molar-refractivity contribution in [1.29, 1.82) is 0 Å². The van der Waals surface area contributed by atoms with Crippen molar-refractivity contribution >= 4 is 32.9 Å². The van der Waals surface area contributed by atoms with E-state index in [-0.39, 0.29) is 30.0 Å². The Morgan fingerprint density at radius 2 is 2.00 bits per heavy atom. The number of rotatable bonds is 8. The largest absolute Gasteiger partial charge is 0.385 e. The summed E-state index contributed by atoms with van der Waals surface area (Å²) in [4.78, 5) is 31.6. The van der Waals surface area contributed by atoms with Gasteiger partial charge < -0.3 is 15.1 Å². The average Bonchev–Trinajstić information content (AvgIpc) is 3.35. The highest BCUT2D eigenvalue weighted by Crippen LogP contribution is 2.19. The molecule has 3 rings (SSSR count). The van der Waals surface area contributed by atoms with Gasteiger partial charge in [0.25, 0.3) is 5.91 Å². The van der Waals surface area contributed by atoms with Crippen LogP contribution in [0.15, 0.2) is 23.1 Å². The van der Waals surface area contributed by atoms with Crippen molar-refractivity contribution in [2.45, 2.75) is 23.8 Å². The minimum absolute atomic E-state index is 0.0531. The Morgan fingerprint density at radius 1 is 1.29 bits per heavy atom. The fourth-order valence-electron chi connectivity index (χ4n) is 2.38. The molecule has 11 nitrogen and oxygen atoms in total. The van der Waals surface area contributed by atoms with Crippen LogP contribution in [-0.2, 0) is 19.6 Å². The van der Waals surface area contributed by atoms with Crippen molar-refractivity contribution in [1.82, 2.24) is 29.7 Å². The molecule has 0 aliphatic heterocycles. The first-order chi connectivity index (χ1) is 13.2. The van der Waals surface area contributed by atoms with Gasteiger partial charge in [-0.3, -0.25) is 9.59 Å². The van der Waals surface area contributed by atoms with E-state index in [9.17, 15) is 18.0 Å². The van der Waals surface area contributed by atoms with E-state index in [1.807, 2.05) is 0 Å². The predicted molar refractivity (Wildman–Crippen MR) is 98.6 cm³/mol. The Morgan fingerprint density at radius 3 is 2.64 bits per heavy atom. The number of carbonyl (C=O) groups is 2. The smallest absolute Gasteiger partial charge is 0.263 e. The van der Waals surface area contributed by atoms with E-state index < -0.39 is 15.9 Å². The molecule has 2 aromatic rings. The molecule has 1 aromatic carbocycles. The van der Waals surface area contributed by atoms with Crippen LogP contribution < -0.4 is 10.2 Å². The molecule has 28 heavy (non-hydrogen) atoms. The topological polar surface area (TPSA) is 127 Å². The number of hydrogen-bond acceptors (Lipinski definition) is 7. The summed E-state index contributed by atoms with van der Waals surface area (Å²) in [6, 6.07) is 4.53. The van der Waals surface area contributed by atoms with Gasteiger partial charge in [0, 0.05) is 27.2 Å². The summed E-state index contributed by atoms with van der Waals surface area (Å²) in [6.45, 7) is -0.446. The number of carbonyl (C=O) groups excluding carboxylic acids is 2. The van der Waals surface area contributed by atoms with Crippen LogP contribution >= 0.6 is 0 Å². The number of amides is 2. The molecule has 12 heteroatoms. The molecule has 0 bridgehead atoms. The van der Waals surface area contributed by atoms with Crippen molar-refractivity contribution < 1.29 is 22.8 Å². The van der Waals surface area contributed by atoms with Crippen molar-refractivity contribution in [2.75, 3.05) is 34.3 Å². The minimum atomic E-state index is -3.64. The molecule has 1 aromatic heterocycles. The van der Waals surface area contributed by atoms with Crippen LogP contribution in [0.3, 0.4) is 0 Å². The summed E-state index contributed by atoms with van der Waals surface area (Å²) < 4.78 is 25.7. The zero-order chi connectivity index (χ0) is 20.5. The second-order valence-electron chi connectivity index (χ2n) is 6.77. The van der Waals surface area contributed by atoms with E-state index >= 15 is 0 Å². The third-order valence-corrected chi connectivity index (χ3v) is 6.04. The van der Waals surface area contributed by atoms with Crippen molar-refractivity contribution in [3.8, 4) is 0 Å². The zero-order valence-corrected chi connectivity index (χ0v) is 16.6. The number of fused-ring (bicyclic) bond motifs is 1. The van der Waals surface area contributed by atoms with Gasteiger partial charge in [-0.15, -0.1) is 5.10 Å². The lowest BCUT2D eigenvalue weighted by Crippen LogP contribution is -2.41. The van der Waals surface area contributed by atoms with Crippen molar-refractivity contribution in [3.05, 3.63) is 18.2 Å². The number of aromatic nitrogens is 3. The van der Waals surface area contributed by atoms with E-state index in [0.717, 1.165) is 22.0 Å². The molecule has 1 aliphatic rings. The lowest BCUT2D eigenvalue weighted by Gasteiger charge is -2.16. The number of sulfonamides is 1. The summed E-state index contributed by atoms with van der Waals surface area (Å²) >= 11 is 0. The van der Waals surface area contributed by atoms with Crippen LogP contribution in [0, 0.1) is 0 Å². The van der Waals surface area contributed by atoms with Gasteiger partial charge in [0.15, 0.2) is 6.61 Å². The molecule has 0 spiro atoms. The quantitative estimate of drug-likeness (QED) is 0.582.